The van der Waals surface area contributed by atoms with E-state index < -0.39 is 33.4 Å². The highest BCUT2D eigenvalue weighted by Crippen LogP contribution is 2.30. The Balaban J connectivity index is 1.34. The number of quaternary nitrogens is 1. The van der Waals surface area contributed by atoms with Crippen LogP contribution in [0.3, 0.4) is 0 Å². The summed E-state index contributed by atoms with van der Waals surface area (Å²) in [5.41, 5.74) is 5.73. The number of ether oxygens (including phenoxy) is 1. The summed E-state index contributed by atoms with van der Waals surface area (Å²) in [6.45, 7) is 5.01. The second-order valence-corrected chi connectivity index (χ2v) is 12.1. The highest BCUT2D eigenvalue weighted by Gasteiger charge is 2.28. The monoisotopic (exact) mass is 644 g/mol. The average Bonchev–Trinajstić information content (AvgIpc) is 3.34. The molecule has 13 nitrogen and oxygen atoms in total. The lowest BCUT2D eigenvalue weighted by Crippen LogP contribution is -2.45. The number of sulfonamides is 1. The van der Waals surface area contributed by atoms with E-state index in [4.69, 9.17) is 21.2 Å². The fourth-order valence-corrected chi connectivity index (χ4v) is 5.95. The van der Waals surface area contributed by atoms with Crippen LogP contribution in [0.4, 0.5) is 5.69 Å². The van der Waals surface area contributed by atoms with Crippen molar-refractivity contribution in [3.8, 4) is 0 Å². The third-order valence-electron chi connectivity index (χ3n) is 7.06. The molecule has 4 rings (SSSR count). The van der Waals surface area contributed by atoms with Gasteiger partial charge in [-0.1, -0.05) is 41.9 Å². The molecule has 3 aromatic rings. The number of fused-ring (bicyclic) bond motifs is 1. The summed E-state index contributed by atoms with van der Waals surface area (Å²) in [6, 6.07) is 17.8. The fourth-order valence-electron chi connectivity index (χ4n) is 4.40. The van der Waals surface area contributed by atoms with Crippen molar-refractivity contribution in [2.24, 2.45) is 10.5 Å². The van der Waals surface area contributed by atoms with Gasteiger partial charge in [-0.05, 0) is 74.7 Å². The number of anilines is 1. The van der Waals surface area contributed by atoms with Crippen LogP contribution >= 0.6 is 11.6 Å². The first kappa shape index (κ1) is 32.8. The first-order chi connectivity index (χ1) is 21.0. The summed E-state index contributed by atoms with van der Waals surface area (Å²) in [4.78, 5) is 29.8. The molecule has 15 heteroatoms. The Morgan fingerprint density at radius 3 is 2.45 bits per heavy atom. The van der Waals surface area contributed by atoms with Crippen LogP contribution in [0.2, 0.25) is 5.02 Å². The van der Waals surface area contributed by atoms with E-state index in [9.17, 15) is 23.2 Å². The average molecular weight is 645 g/mol. The Morgan fingerprint density at radius 1 is 1.07 bits per heavy atom. The number of nitrogens with one attached hydrogen (secondary N) is 2. The Labute approximate surface area is 260 Å². The number of hydrogen-bond acceptors (Lipinski definition) is 10. The maximum Gasteiger partial charge on any atom is 0.341 e. The van der Waals surface area contributed by atoms with Gasteiger partial charge < -0.3 is 14.8 Å². The molecule has 44 heavy (non-hydrogen) atoms. The number of amides is 1. The van der Waals surface area contributed by atoms with Gasteiger partial charge >= 0.3 is 5.97 Å². The molecule has 0 unspecified atom stereocenters. The summed E-state index contributed by atoms with van der Waals surface area (Å²) in [6.07, 6.45) is 0.770. The molecule has 234 valence electrons. The number of halogens is 1. The molecule has 1 atom stereocenters. The number of nitrogens with zero attached hydrogens (tertiary/aromatic N) is 4. The number of rotatable bonds is 13. The van der Waals surface area contributed by atoms with Crippen molar-refractivity contribution in [2.45, 2.75) is 44.7 Å². The van der Waals surface area contributed by atoms with Crippen LogP contribution in [0, 0.1) is 5.21 Å². The van der Waals surface area contributed by atoms with Gasteiger partial charge in [0.1, 0.15) is 18.0 Å². The minimum absolute atomic E-state index is 0.0257. The van der Waals surface area contributed by atoms with Crippen LogP contribution in [0.5, 0.6) is 0 Å². The second kappa shape index (κ2) is 14.1. The molecular formula is C29H33ClN6O7S. The van der Waals surface area contributed by atoms with Gasteiger partial charge in [0.25, 0.3) is 12.7 Å². The Kier molecular flexibility index (Phi) is 10.5. The molecule has 0 spiro atoms. The predicted molar refractivity (Wildman–Crippen MR) is 162 cm³/mol. The maximum absolute atomic E-state index is 13.1. The minimum Gasteiger partial charge on any atom is -0.603 e. The molecule has 0 radical (unpaired) electrons. The summed E-state index contributed by atoms with van der Waals surface area (Å²) in [5.74, 6) is -1.19. The molecule has 0 fully saturated rings. The number of carbonyl (C=O) groups is 2. The predicted octanol–water partition coefficient (Wildman–Crippen LogP) is 4.68. The van der Waals surface area contributed by atoms with E-state index >= 15 is 0 Å². The van der Waals surface area contributed by atoms with Crippen molar-refractivity contribution in [3.05, 3.63) is 99.2 Å². The van der Waals surface area contributed by atoms with Crippen LogP contribution in [-0.4, -0.2) is 51.0 Å². The van der Waals surface area contributed by atoms with Crippen LogP contribution in [-0.2, 0) is 32.6 Å². The SMILES string of the molecule is CC[N+]([O-])(CC)/N=N\OCOC(=O)c1ccc(CNS(=O)(=O)c2cc(C(=O)NN3c4ccccc4C[C@H]3C)ccc2Cl)cc1. The van der Waals surface area contributed by atoms with E-state index in [1.54, 1.807) is 31.0 Å². The third kappa shape index (κ3) is 7.89. The second-order valence-electron chi connectivity index (χ2n) is 9.99. The summed E-state index contributed by atoms with van der Waals surface area (Å²) >= 11 is 6.23. The van der Waals surface area contributed by atoms with Crippen LogP contribution < -0.4 is 15.2 Å². The lowest BCUT2D eigenvalue weighted by atomic mass is 10.1. The van der Waals surface area contributed by atoms with Gasteiger partial charge in [0, 0.05) is 12.1 Å². The molecular weight excluding hydrogens is 612 g/mol. The van der Waals surface area contributed by atoms with E-state index in [1.165, 1.54) is 30.3 Å². The van der Waals surface area contributed by atoms with Crippen molar-refractivity contribution < 1.29 is 32.3 Å². The van der Waals surface area contributed by atoms with Gasteiger partial charge in [-0.2, -0.15) is 0 Å². The van der Waals surface area contributed by atoms with Crippen LogP contribution in [0.1, 0.15) is 52.6 Å². The zero-order valence-corrected chi connectivity index (χ0v) is 26.0. The number of benzene rings is 3. The molecule has 3 aromatic carbocycles. The first-order valence-electron chi connectivity index (χ1n) is 13.8. The Morgan fingerprint density at radius 2 is 1.75 bits per heavy atom. The number of esters is 1. The summed E-state index contributed by atoms with van der Waals surface area (Å²) in [7, 11) is -4.12. The summed E-state index contributed by atoms with van der Waals surface area (Å²) in [5, 5.41) is 20.5. The third-order valence-corrected chi connectivity index (χ3v) is 8.94. The van der Waals surface area contributed by atoms with Crippen molar-refractivity contribution in [1.82, 2.24) is 10.1 Å². The van der Waals surface area contributed by atoms with Crippen LogP contribution in [0.15, 0.2) is 82.1 Å². The Hall–Kier alpha value is -4.08. The van der Waals surface area contributed by atoms with E-state index in [0.29, 0.717) is 5.56 Å². The number of hydrogen-bond donors (Lipinski definition) is 2. The van der Waals surface area contributed by atoms with Gasteiger partial charge in [0.2, 0.25) is 10.0 Å². The highest BCUT2D eigenvalue weighted by molar-refractivity contribution is 7.89. The van der Waals surface area contributed by atoms with Crippen molar-refractivity contribution in [2.75, 3.05) is 24.9 Å². The molecule has 0 saturated carbocycles. The van der Waals surface area contributed by atoms with E-state index in [0.717, 1.165) is 17.7 Å². The molecule has 1 aliphatic rings. The molecule has 2 N–H and O–H groups in total. The summed E-state index contributed by atoms with van der Waals surface area (Å²) < 4.78 is 32.8. The topological polar surface area (TPSA) is 162 Å². The smallest absolute Gasteiger partial charge is 0.341 e. The van der Waals surface area contributed by atoms with E-state index in [1.807, 2.05) is 31.2 Å². The number of hydroxylamine groups is 2. The minimum atomic E-state index is -4.12. The molecule has 0 bridgehead atoms. The van der Waals surface area contributed by atoms with Crippen molar-refractivity contribution in [1.29, 1.82) is 0 Å². The molecule has 1 aliphatic heterocycles. The first-order valence-corrected chi connectivity index (χ1v) is 15.7. The fraction of sp³-hybridized carbons (Fsp3) is 0.310. The van der Waals surface area contributed by atoms with Gasteiger partial charge in [0.05, 0.1) is 32.8 Å². The molecule has 1 heterocycles. The highest BCUT2D eigenvalue weighted by atomic mass is 35.5. The lowest BCUT2D eigenvalue weighted by Gasteiger charge is -2.30. The molecule has 1 amide bonds. The van der Waals surface area contributed by atoms with Gasteiger partial charge in [0.15, 0.2) is 0 Å². The van der Waals surface area contributed by atoms with E-state index in [-0.39, 0.29) is 46.7 Å². The number of hydrazine groups is 1. The zero-order valence-electron chi connectivity index (χ0n) is 24.4. The standard InChI is InChI=1S/C29H33ClN6O7S/c1-4-36(39,5-2)33-34-43-19-42-29(38)22-12-10-21(11-13-22)18-31-44(40,41)27-17-24(14-15-25(27)30)28(37)32-35-20(3)16-23-8-6-7-9-26(23)35/h6-15,17,20,31H,4-5,16,18-19H2,1-3H3,(H,32,37)/b34-33-/t20-/m1/s1. The van der Waals surface area contributed by atoms with Gasteiger partial charge in [-0.15, -0.1) is 0 Å². The lowest BCUT2D eigenvalue weighted by molar-refractivity contribution is -0.890. The largest absolute Gasteiger partial charge is 0.603 e. The van der Waals surface area contributed by atoms with E-state index in [2.05, 4.69) is 20.6 Å². The van der Waals surface area contributed by atoms with Crippen molar-refractivity contribution >= 4 is 39.2 Å². The van der Waals surface area contributed by atoms with Crippen LogP contribution in [0.25, 0.3) is 0 Å². The molecule has 0 saturated heterocycles. The zero-order chi connectivity index (χ0) is 31.9. The number of para-hydroxylation sites is 1. The van der Waals surface area contributed by atoms with Gasteiger partial charge in [-0.3, -0.25) is 15.2 Å². The molecule has 0 aliphatic carbocycles. The molecule has 0 aromatic heterocycles. The quantitative estimate of drug-likeness (QED) is 0.0677. The maximum atomic E-state index is 13.1. The Bertz CT molecular complexity index is 1630. The van der Waals surface area contributed by atoms with Crippen molar-refractivity contribution in [3.63, 3.8) is 0 Å². The normalized spacial score (nSPS) is 14.8. The number of carbonyl (C=O) groups excluding carboxylic acids is 2. The van der Waals surface area contributed by atoms with Gasteiger partial charge in [-0.25, -0.2) is 22.7 Å².